The number of pyridine rings is 2. The monoisotopic (exact) mass is 487 g/mol. The molecule has 1 atom stereocenters. The Morgan fingerprint density at radius 2 is 1.86 bits per heavy atom. The van der Waals surface area contributed by atoms with Crippen molar-refractivity contribution in [1.29, 1.82) is 0 Å². The Hall–Kier alpha value is -3.39. The molecule has 0 aliphatic heterocycles. The molecule has 0 aliphatic carbocycles. The largest absolute Gasteiger partial charge is 0.322 e. The van der Waals surface area contributed by atoms with Crippen LogP contribution < -0.4 is 5.56 Å². The van der Waals surface area contributed by atoms with Gasteiger partial charge >= 0.3 is 0 Å². The zero-order valence-electron chi connectivity index (χ0n) is 22.4. The van der Waals surface area contributed by atoms with Gasteiger partial charge in [-0.25, -0.2) is 4.68 Å². The smallest absolute Gasteiger partial charge is 0.252 e. The minimum absolute atomic E-state index is 0.0714. The first-order valence-electron chi connectivity index (χ1n) is 12.7. The number of rotatable bonds is 9. The van der Waals surface area contributed by atoms with Gasteiger partial charge in [0.25, 0.3) is 5.56 Å². The summed E-state index contributed by atoms with van der Waals surface area (Å²) >= 11 is 0. The van der Waals surface area contributed by atoms with Gasteiger partial charge in [-0.3, -0.25) is 14.7 Å². The molecule has 3 heterocycles. The standard InChI is InChI=1S/C28H37N7O/c1-8-28(6,7)35-26(31-32-33-35)25(18(2)3)34(16-21-10-9-11-29-15-21)17-23-14-22-12-19(4)20(5)13-24(22)30-27(23)36/h9-15,18,25H,8,16-17H2,1-7H3,(H,30,36)/t25-/m1/s1. The fraction of sp³-hybridized carbons (Fsp3) is 0.464. The van der Waals surface area contributed by atoms with Gasteiger partial charge in [0.05, 0.1) is 11.6 Å². The van der Waals surface area contributed by atoms with E-state index in [0.717, 1.165) is 34.3 Å². The summed E-state index contributed by atoms with van der Waals surface area (Å²) in [6.07, 6.45) is 4.54. The van der Waals surface area contributed by atoms with Crippen molar-refractivity contribution in [3.63, 3.8) is 0 Å². The summed E-state index contributed by atoms with van der Waals surface area (Å²) in [6.45, 7) is 16.0. The highest BCUT2D eigenvalue weighted by molar-refractivity contribution is 5.80. The second-order valence-corrected chi connectivity index (χ2v) is 10.7. The number of aromatic amines is 1. The second-order valence-electron chi connectivity index (χ2n) is 10.7. The van der Waals surface area contributed by atoms with Crippen molar-refractivity contribution in [1.82, 2.24) is 35.1 Å². The molecule has 1 N–H and O–H groups in total. The molecule has 0 saturated heterocycles. The van der Waals surface area contributed by atoms with Gasteiger partial charge < -0.3 is 4.98 Å². The fourth-order valence-corrected chi connectivity index (χ4v) is 4.68. The number of hydrogen-bond acceptors (Lipinski definition) is 6. The van der Waals surface area contributed by atoms with E-state index in [-0.39, 0.29) is 23.1 Å². The van der Waals surface area contributed by atoms with Gasteiger partial charge in [-0.1, -0.05) is 26.8 Å². The predicted molar refractivity (Wildman–Crippen MR) is 143 cm³/mol. The van der Waals surface area contributed by atoms with Crippen molar-refractivity contribution < 1.29 is 0 Å². The van der Waals surface area contributed by atoms with Gasteiger partial charge in [-0.15, -0.1) is 5.10 Å². The summed E-state index contributed by atoms with van der Waals surface area (Å²) in [7, 11) is 0. The molecule has 36 heavy (non-hydrogen) atoms. The number of aromatic nitrogens is 6. The number of nitrogens with one attached hydrogen (secondary N) is 1. The third-order valence-electron chi connectivity index (χ3n) is 7.24. The van der Waals surface area contributed by atoms with Crippen LogP contribution in [-0.2, 0) is 18.6 Å². The van der Waals surface area contributed by atoms with Crippen LogP contribution in [0.15, 0.2) is 47.5 Å². The maximum absolute atomic E-state index is 13.2. The lowest BCUT2D eigenvalue weighted by Gasteiger charge is -2.35. The van der Waals surface area contributed by atoms with Crippen LogP contribution in [0.4, 0.5) is 0 Å². The molecule has 8 nitrogen and oxygen atoms in total. The van der Waals surface area contributed by atoms with Gasteiger partial charge in [0, 0.05) is 36.6 Å². The van der Waals surface area contributed by atoms with Crippen molar-refractivity contribution in [2.45, 2.75) is 79.6 Å². The number of fused-ring (bicyclic) bond motifs is 1. The van der Waals surface area contributed by atoms with Crippen LogP contribution in [0.3, 0.4) is 0 Å². The van der Waals surface area contributed by atoms with Crippen LogP contribution in [0.2, 0.25) is 0 Å². The van der Waals surface area contributed by atoms with E-state index in [1.54, 1.807) is 6.20 Å². The molecule has 4 rings (SSSR count). The van der Waals surface area contributed by atoms with Crippen molar-refractivity contribution in [2.24, 2.45) is 5.92 Å². The molecule has 0 aliphatic rings. The van der Waals surface area contributed by atoms with Crippen molar-refractivity contribution >= 4 is 10.9 Å². The fourth-order valence-electron chi connectivity index (χ4n) is 4.68. The number of aryl methyl sites for hydroxylation is 2. The highest BCUT2D eigenvalue weighted by Crippen LogP contribution is 2.33. The molecule has 4 aromatic rings. The molecular weight excluding hydrogens is 450 g/mol. The first kappa shape index (κ1) is 25.7. The molecule has 0 radical (unpaired) electrons. The molecule has 3 aromatic heterocycles. The van der Waals surface area contributed by atoms with E-state index in [2.05, 4.69) is 91.0 Å². The van der Waals surface area contributed by atoms with Crippen LogP contribution in [0, 0.1) is 19.8 Å². The number of tetrazole rings is 1. The zero-order chi connectivity index (χ0) is 26.0. The summed E-state index contributed by atoms with van der Waals surface area (Å²) in [4.78, 5) is 22.9. The maximum atomic E-state index is 13.2. The van der Waals surface area contributed by atoms with E-state index < -0.39 is 0 Å². The Kier molecular flexibility index (Phi) is 7.36. The summed E-state index contributed by atoms with van der Waals surface area (Å²) in [5.41, 5.74) is 4.71. The van der Waals surface area contributed by atoms with E-state index >= 15 is 0 Å². The molecule has 0 unspecified atom stereocenters. The van der Waals surface area contributed by atoms with Gasteiger partial charge in [0.2, 0.25) is 0 Å². The zero-order valence-corrected chi connectivity index (χ0v) is 22.4. The third kappa shape index (κ3) is 5.23. The number of benzene rings is 1. The Morgan fingerprint density at radius 1 is 1.11 bits per heavy atom. The average Bonchev–Trinajstić information content (AvgIpc) is 3.32. The summed E-state index contributed by atoms with van der Waals surface area (Å²) in [6, 6.07) is 10.1. The highest BCUT2D eigenvalue weighted by Gasteiger charge is 2.34. The number of nitrogens with zero attached hydrogens (tertiary/aromatic N) is 6. The molecule has 190 valence electrons. The van der Waals surface area contributed by atoms with Gasteiger partial charge in [-0.05, 0) is 96.8 Å². The van der Waals surface area contributed by atoms with E-state index in [1.165, 1.54) is 5.56 Å². The van der Waals surface area contributed by atoms with Crippen molar-refractivity contribution in [3.05, 3.63) is 81.2 Å². The summed E-state index contributed by atoms with van der Waals surface area (Å²) in [5, 5.41) is 14.0. The second kappa shape index (κ2) is 10.3. The predicted octanol–water partition coefficient (Wildman–Crippen LogP) is 5.07. The molecule has 0 amide bonds. The first-order valence-corrected chi connectivity index (χ1v) is 12.7. The molecule has 0 saturated carbocycles. The minimum Gasteiger partial charge on any atom is -0.322 e. The van der Waals surface area contributed by atoms with Crippen LogP contribution in [0.25, 0.3) is 10.9 Å². The van der Waals surface area contributed by atoms with E-state index in [9.17, 15) is 4.79 Å². The number of H-pyrrole nitrogens is 1. The molecular formula is C28H37N7O. The topological polar surface area (TPSA) is 92.6 Å². The lowest BCUT2D eigenvalue weighted by Crippen LogP contribution is -2.38. The average molecular weight is 488 g/mol. The van der Waals surface area contributed by atoms with E-state index in [0.29, 0.717) is 18.7 Å². The van der Waals surface area contributed by atoms with Gasteiger partial charge in [0.1, 0.15) is 0 Å². The quantitative estimate of drug-likeness (QED) is 0.354. The normalized spacial score (nSPS) is 13.1. The Morgan fingerprint density at radius 3 is 2.53 bits per heavy atom. The lowest BCUT2D eigenvalue weighted by molar-refractivity contribution is 0.117. The van der Waals surface area contributed by atoms with E-state index in [4.69, 9.17) is 0 Å². The molecule has 1 aromatic carbocycles. The van der Waals surface area contributed by atoms with Crippen LogP contribution in [0.5, 0.6) is 0 Å². The summed E-state index contributed by atoms with van der Waals surface area (Å²) in [5.74, 6) is 1.01. The molecule has 0 spiro atoms. The molecule has 0 bridgehead atoms. The Balaban J connectivity index is 1.82. The first-order chi connectivity index (χ1) is 17.1. The highest BCUT2D eigenvalue weighted by atomic mass is 16.1. The maximum Gasteiger partial charge on any atom is 0.252 e. The number of hydrogen-bond donors (Lipinski definition) is 1. The molecule has 8 heteroatoms. The van der Waals surface area contributed by atoms with E-state index in [1.807, 2.05) is 29.1 Å². The summed E-state index contributed by atoms with van der Waals surface area (Å²) < 4.78 is 1.95. The van der Waals surface area contributed by atoms with Gasteiger partial charge in [-0.2, -0.15) is 0 Å². The van der Waals surface area contributed by atoms with Crippen molar-refractivity contribution in [3.8, 4) is 0 Å². The third-order valence-corrected chi connectivity index (χ3v) is 7.24. The Bertz CT molecular complexity index is 1390. The van der Waals surface area contributed by atoms with Crippen LogP contribution in [-0.4, -0.2) is 35.1 Å². The lowest BCUT2D eigenvalue weighted by atomic mass is 9.97. The van der Waals surface area contributed by atoms with Gasteiger partial charge in [0.15, 0.2) is 5.82 Å². The Labute approximate surface area is 212 Å². The minimum atomic E-state index is -0.234. The molecule has 0 fully saturated rings. The van der Waals surface area contributed by atoms with Crippen LogP contribution >= 0.6 is 0 Å². The van der Waals surface area contributed by atoms with Crippen molar-refractivity contribution in [2.75, 3.05) is 0 Å². The van der Waals surface area contributed by atoms with Crippen LogP contribution in [0.1, 0.15) is 75.2 Å². The SMILES string of the molecule is CCC(C)(C)n1nnnc1[C@@H](C(C)C)N(Cc1cccnc1)Cc1cc2cc(C)c(C)cc2[nH]c1=O.